The summed E-state index contributed by atoms with van der Waals surface area (Å²) < 4.78 is 4.11. The Hall–Kier alpha value is -6.12. The van der Waals surface area contributed by atoms with Gasteiger partial charge in [0, 0.05) is 63.6 Å². The molecule has 5 aromatic rings. The number of ketones is 2. The number of nitrogens with one attached hydrogen (secondary N) is 4. The monoisotopic (exact) mass is 750 g/mol. The molecule has 2 aliphatic rings. The quantitative estimate of drug-likeness (QED) is 0.0344. The Bertz CT molecular complexity index is 2230. The minimum absolute atomic E-state index is 0. The predicted molar refractivity (Wildman–Crippen MR) is 205 cm³/mol. The summed E-state index contributed by atoms with van der Waals surface area (Å²) in [6.07, 6.45) is 8.57. The molecule has 14 heteroatoms. The molecule has 0 atom stereocenters. The minimum Gasteiger partial charge on any atom is -0.349 e. The number of hydroxylamine groups is 2. The normalized spacial score (nSPS) is 12.7. The molecule has 2 aromatic heterocycles. The van der Waals surface area contributed by atoms with E-state index in [0.29, 0.717) is 24.0 Å². The van der Waals surface area contributed by atoms with Crippen LogP contribution in [0.1, 0.15) is 77.4 Å². The third-order valence-electron chi connectivity index (χ3n) is 9.68. The Kier molecular flexibility index (Phi) is 12.8. The summed E-state index contributed by atoms with van der Waals surface area (Å²) in [5.74, 6) is -3.23. The van der Waals surface area contributed by atoms with Gasteiger partial charge in [-0.3, -0.25) is 38.8 Å². The number of Topliss-reactive ketones (excluding diaryl/α,β-unsaturated/α-hetero) is 2. The number of rotatable bonds is 15. The van der Waals surface area contributed by atoms with Crippen molar-refractivity contribution in [3.63, 3.8) is 0 Å². The van der Waals surface area contributed by atoms with E-state index in [9.17, 15) is 28.8 Å². The van der Waals surface area contributed by atoms with Crippen molar-refractivity contribution in [3.8, 4) is 0 Å². The molecule has 5 N–H and O–H groups in total. The van der Waals surface area contributed by atoms with Gasteiger partial charge in [0.25, 0.3) is 23.4 Å². The minimum atomic E-state index is -0.678. The average molecular weight is 751 g/mol. The Morgan fingerprint density at radius 3 is 1.67 bits per heavy atom. The Balaban J connectivity index is 0.000000217. The van der Waals surface area contributed by atoms with Gasteiger partial charge in [-0.1, -0.05) is 66.7 Å². The molecule has 0 unspecified atom stereocenters. The number of aromatic nitrogens is 2. The number of nitrogens with zero attached hydrogens (tertiary/aromatic N) is 2. The molecule has 4 heterocycles. The highest BCUT2D eigenvalue weighted by Crippen LogP contribution is 2.31. The van der Waals surface area contributed by atoms with E-state index < -0.39 is 29.3 Å². The molecule has 3 aromatic carbocycles. The molecule has 4 amide bonds. The maximum absolute atomic E-state index is 12.7. The van der Waals surface area contributed by atoms with Gasteiger partial charge < -0.3 is 19.8 Å². The molecule has 14 nitrogen and oxygen atoms in total. The summed E-state index contributed by atoms with van der Waals surface area (Å²) >= 11 is 0. The van der Waals surface area contributed by atoms with E-state index in [2.05, 4.69) is 32.8 Å². The van der Waals surface area contributed by atoms with Crippen LogP contribution in [-0.2, 0) is 56.6 Å². The lowest BCUT2D eigenvalue weighted by Crippen LogP contribution is -2.32. The van der Waals surface area contributed by atoms with E-state index in [-0.39, 0.29) is 39.9 Å². The highest BCUT2D eigenvalue weighted by atomic mass is 16.6. The predicted octanol–water partition coefficient (Wildman–Crippen LogP) is 4.33. The van der Waals surface area contributed by atoms with Crippen molar-refractivity contribution >= 4 is 57.0 Å². The zero-order valence-electron chi connectivity index (χ0n) is 30.4. The van der Waals surface area contributed by atoms with Crippen molar-refractivity contribution in [2.24, 2.45) is 0 Å². The third kappa shape index (κ3) is 9.34. The fraction of sp³-hybridized carbons (Fsp3) is 0.317. The molecular weight excluding hydrogens is 704 g/mol. The lowest BCUT2D eigenvalue weighted by atomic mass is 10.0. The SMILES string of the molecule is O=C(CCCNC(=O)C(=O)c1cn2c3c(cccc13)CCC2)NO.O=C(CCCNC(=O)C(=O)c1cn2c3c(cccc13)CCC2)NOCc1ccccc1.[HH]. The molecule has 7 rings (SSSR count). The Morgan fingerprint density at radius 1 is 0.655 bits per heavy atom. The van der Waals surface area contributed by atoms with E-state index in [1.807, 2.05) is 59.2 Å². The van der Waals surface area contributed by atoms with Crippen LogP contribution < -0.4 is 21.6 Å². The topological polar surface area (TPSA) is 190 Å². The van der Waals surface area contributed by atoms with Crippen LogP contribution in [0, 0.1) is 0 Å². The smallest absolute Gasteiger partial charge is 0.292 e. The molecule has 0 fully saturated rings. The van der Waals surface area contributed by atoms with Crippen molar-refractivity contribution in [2.45, 2.75) is 71.1 Å². The standard InChI is InChI=1S/C24H25N3O4.C17H19N3O4.H2/c28-21(26-31-16-17-7-2-1-3-8-17)12-5-13-25-24(30)23(29)20-15-27-14-6-10-18-9-4-11-19(20)22(18)27;21-14(19-24)7-2-8-18-17(23)16(22)13-10-20-9-3-5-11-4-1-6-12(13)15(11)20;/h1-4,7-9,11,15H,5-6,10,12-14,16H2,(H,25,30)(H,26,28);1,4,6,10,24H,2-3,5,7-9H2,(H,18,23)(H,19,21);1H. The lowest BCUT2D eigenvalue weighted by molar-refractivity contribution is -0.134. The van der Waals surface area contributed by atoms with Crippen LogP contribution in [0.5, 0.6) is 0 Å². The van der Waals surface area contributed by atoms with Gasteiger partial charge in [0.1, 0.15) is 0 Å². The second kappa shape index (κ2) is 18.3. The van der Waals surface area contributed by atoms with Crippen molar-refractivity contribution < 1.29 is 40.2 Å². The van der Waals surface area contributed by atoms with Gasteiger partial charge in [0.2, 0.25) is 11.8 Å². The molecule has 0 saturated heterocycles. The van der Waals surface area contributed by atoms with Crippen LogP contribution in [-0.4, -0.2) is 62.6 Å². The first kappa shape index (κ1) is 38.6. The number of benzene rings is 3. The van der Waals surface area contributed by atoms with Gasteiger partial charge in [-0.05, 0) is 55.2 Å². The lowest BCUT2D eigenvalue weighted by Gasteiger charge is -2.14. The van der Waals surface area contributed by atoms with E-state index in [0.717, 1.165) is 66.1 Å². The van der Waals surface area contributed by atoms with Crippen LogP contribution >= 0.6 is 0 Å². The van der Waals surface area contributed by atoms with E-state index >= 15 is 0 Å². The van der Waals surface area contributed by atoms with Gasteiger partial charge in [-0.25, -0.2) is 11.0 Å². The van der Waals surface area contributed by atoms with E-state index in [1.54, 1.807) is 12.4 Å². The van der Waals surface area contributed by atoms with Gasteiger partial charge in [-0.2, -0.15) is 0 Å². The van der Waals surface area contributed by atoms with Gasteiger partial charge in [-0.15, -0.1) is 0 Å². The Labute approximate surface area is 318 Å². The van der Waals surface area contributed by atoms with Gasteiger partial charge in [0.05, 0.1) is 28.8 Å². The fourth-order valence-electron chi connectivity index (χ4n) is 7.06. The number of carbonyl (C=O) groups excluding carboxylic acids is 6. The van der Waals surface area contributed by atoms with Crippen molar-refractivity contribution in [3.05, 3.63) is 107 Å². The Morgan fingerprint density at radius 2 is 1.16 bits per heavy atom. The largest absolute Gasteiger partial charge is 0.349 e. The fourth-order valence-corrected chi connectivity index (χ4v) is 7.06. The highest BCUT2D eigenvalue weighted by Gasteiger charge is 2.25. The van der Waals surface area contributed by atoms with Crippen LogP contribution in [0.15, 0.2) is 79.1 Å². The summed E-state index contributed by atoms with van der Waals surface area (Å²) in [6, 6.07) is 21.2. The average Bonchev–Trinajstić information content (AvgIpc) is 3.79. The summed E-state index contributed by atoms with van der Waals surface area (Å²) in [7, 11) is 0. The van der Waals surface area contributed by atoms with Crippen molar-refractivity contribution in [2.75, 3.05) is 13.1 Å². The van der Waals surface area contributed by atoms with Crippen LogP contribution in [0.3, 0.4) is 0 Å². The molecule has 55 heavy (non-hydrogen) atoms. The second-order valence-electron chi connectivity index (χ2n) is 13.5. The number of aryl methyl sites for hydroxylation is 4. The number of amides is 4. The zero-order chi connectivity index (χ0) is 38.7. The molecule has 0 aliphatic carbocycles. The summed E-state index contributed by atoms with van der Waals surface area (Å²) in [4.78, 5) is 77.5. The van der Waals surface area contributed by atoms with E-state index in [4.69, 9.17) is 10.0 Å². The number of hydrogen-bond acceptors (Lipinski definition) is 8. The van der Waals surface area contributed by atoms with Crippen molar-refractivity contribution in [1.82, 2.24) is 30.7 Å². The maximum atomic E-state index is 12.7. The van der Waals surface area contributed by atoms with E-state index in [1.165, 1.54) is 16.6 Å². The summed E-state index contributed by atoms with van der Waals surface area (Å²) in [6.45, 7) is 2.41. The zero-order valence-corrected chi connectivity index (χ0v) is 30.4. The first-order valence-corrected chi connectivity index (χ1v) is 18.5. The molecule has 0 saturated carbocycles. The molecular formula is C41H46N6O8. The highest BCUT2D eigenvalue weighted by molar-refractivity contribution is 6.45. The first-order valence-electron chi connectivity index (χ1n) is 18.5. The van der Waals surface area contributed by atoms with Crippen LogP contribution in [0.4, 0.5) is 0 Å². The second-order valence-corrected chi connectivity index (χ2v) is 13.5. The van der Waals surface area contributed by atoms with Crippen LogP contribution in [0.25, 0.3) is 21.8 Å². The number of hydrogen-bond donors (Lipinski definition) is 5. The first-order chi connectivity index (χ1) is 26.7. The molecule has 0 spiro atoms. The maximum Gasteiger partial charge on any atom is 0.292 e. The number of carbonyl (C=O) groups is 6. The molecule has 2 aliphatic heterocycles. The number of para-hydroxylation sites is 2. The van der Waals surface area contributed by atoms with Gasteiger partial charge in [0.15, 0.2) is 0 Å². The van der Waals surface area contributed by atoms with Crippen molar-refractivity contribution in [1.29, 1.82) is 0 Å². The summed E-state index contributed by atoms with van der Waals surface area (Å²) in [5, 5.41) is 15.2. The molecule has 0 bridgehead atoms. The van der Waals surface area contributed by atoms with Gasteiger partial charge >= 0.3 is 0 Å². The van der Waals surface area contributed by atoms with Crippen LogP contribution in [0.2, 0.25) is 0 Å². The molecule has 288 valence electrons. The third-order valence-corrected chi connectivity index (χ3v) is 9.68. The molecule has 0 radical (unpaired) electrons. The summed E-state index contributed by atoms with van der Waals surface area (Å²) in [5.41, 5.74) is 10.2.